The van der Waals surface area contributed by atoms with Gasteiger partial charge in [0.25, 0.3) is 0 Å². The second-order valence-electron chi connectivity index (χ2n) is 5.42. The number of carbonyl (C=O) groups excluding carboxylic acids is 1. The molecule has 1 aliphatic carbocycles. The van der Waals surface area contributed by atoms with Gasteiger partial charge in [-0.25, -0.2) is 4.79 Å². The van der Waals surface area contributed by atoms with Crippen LogP contribution in [0.2, 0.25) is 0 Å². The third kappa shape index (κ3) is 2.83. The summed E-state index contributed by atoms with van der Waals surface area (Å²) in [5, 5.41) is 3.01. The Bertz CT molecular complexity index is 436. The lowest BCUT2D eigenvalue weighted by Crippen LogP contribution is -2.47. The van der Waals surface area contributed by atoms with Crippen LogP contribution in [0, 0.1) is 0 Å². The topological polar surface area (TPSA) is 41.6 Å². The molecule has 0 saturated heterocycles. The summed E-state index contributed by atoms with van der Waals surface area (Å²) in [5.41, 5.74) is 1.40. The summed E-state index contributed by atoms with van der Waals surface area (Å²) < 4.78 is 5.19. The Morgan fingerprint density at radius 2 is 1.95 bits per heavy atom. The Hall–Kier alpha value is -1.71. The van der Waals surface area contributed by atoms with Crippen LogP contribution in [0.4, 0.5) is 4.79 Å². The molecule has 1 N–H and O–H groups in total. The molecule has 1 aliphatic rings. The second kappa shape index (κ2) is 5.51. The standard InChI is InChI=1S/C15H22N2O2/c1-17(2)14(18)16-11-15(9-4-10-15)12-5-7-13(19-3)8-6-12/h5-8H,4,9-11H2,1-3H3,(H,16,18). The number of methoxy groups -OCH3 is 1. The minimum Gasteiger partial charge on any atom is -0.497 e. The third-order valence-electron chi connectivity index (χ3n) is 4.00. The molecule has 1 aromatic carbocycles. The quantitative estimate of drug-likeness (QED) is 0.905. The molecule has 1 fully saturated rings. The molecule has 0 unspecified atom stereocenters. The van der Waals surface area contributed by atoms with Gasteiger partial charge in [-0.1, -0.05) is 18.6 Å². The molecule has 2 amide bonds. The van der Waals surface area contributed by atoms with E-state index in [0.717, 1.165) is 18.6 Å². The van der Waals surface area contributed by atoms with Gasteiger partial charge in [-0.15, -0.1) is 0 Å². The SMILES string of the molecule is COc1ccc(C2(CNC(=O)N(C)C)CCC2)cc1. The molecular weight excluding hydrogens is 240 g/mol. The van der Waals surface area contributed by atoms with Gasteiger partial charge >= 0.3 is 6.03 Å². The first-order chi connectivity index (χ1) is 9.07. The maximum absolute atomic E-state index is 11.7. The number of hydrogen-bond acceptors (Lipinski definition) is 2. The fourth-order valence-corrected chi connectivity index (χ4v) is 2.52. The highest BCUT2D eigenvalue weighted by molar-refractivity contribution is 5.73. The van der Waals surface area contributed by atoms with E-state index in [1.807, 2.05) is 12.1 Å². The van der Waals surface area contributed by atoms with Crippen LogP contribution in [-0.4, -0.2) is 38.7 Å². The third-order valence-corrected chi connectivity index (χ3v) is 4.00. The normalized spacial score (nSPS) is 16.4. The van der Waals surface area contributed by atoms with Crippen molar-refractivity contribution in [2.75, 3.05) is 27.7 Å². The molecule has 104 valence electrons. The molecule has 0 spiro atoms. The van der Waals surface area contributed by atoms with Gasteiger partial charge in [0.05, 0.1) is 7.11 Å². The molecule has 0 aliphatic heterocycles. The van der Waals surface area contributed by atoms with E-state index in [-0.39, 0.29) is 11.4 Å². The summed E-state index contributed by atoms with van der Waals surface area (Å²) in [5.74, 6) is 0.871. The van der Waals surface area contributed by atoms with Crippen LogP contribution < -0.4 is 10.1 Å². The van der Waals surface area contributed by atoms with Gasteiger partial charge in [0.15, 0.2) is 0 Å². The van der Waals surface area contributed by atoms with Gasteiger partial charge in [0.2, 0.25) is 0 Å². The van der Waals surface area contributed by atoms with Gasteiger partial charge in [-0.2, -0.15) is 0 Å². The summed E-state index contributed by atoms with van der Waals surface area (Å²) in [6.07, 6.45) is 3.49. The minimum atomic E-state index is -0.0280. The number of nitrogens with one attached hydrogen (secondary N) is 1. The summed E-state index contributed by atoms with van der Waals surface area (Å²) >= 11 is 0. The van der Waals surface area contributed by atoms with Gasteiger partial charge < -0.3 is 15.0 Å². The van der Waals surface area contributed by atoms with E-state index in [2.05, 4.69) is 17.4 Å². The van der Waals surface area contributed by atoms with Crippen molar-refractivity contribution in [2.45, 2.75) is 24.7 Å². The Labute approximate surface area is 114 Å². The molecule has 4 nitrogen and oxygen atoms in total. The molecule has 2 rings (SSSR count). The van der Waals surface area contributed by atoms with Crippen LogP contribution in [0.15, 0.2) is 24.3 Å². The summed E-state index contributed by atoms with van der Waals surface area (Å²) in [6.45, 7) is 0.705. The van der Waals surface area contributed by atoms with Gasteiger partial charge in [0.1, 0.15) is 5.75 Å². The van der Waals surface area contributed by atoms with E-state index >= 15 is 0 Å². The molecule has 0 bridgehead atoms. The average Bonchev–Trinajstić information content (AvgIpc) is 2.37. The van der Waals surface area contributed by atoms with Crippen molar-refractivity contribution in [1.29, 1.82) is 0 Å². The zero-order valence-electron chi connectivity index (χ0n) is 11.9. The van der Waals surface area contributed by atoms with E-state index in [1.54, 1.807) is 26.1 Å². The lowest BCUT2D eigenvalue weighted by Gasteiger charge is -2.42. The van der Waals surface area contributed by atoms with Crippen LogP contribution in [0.1, 0.15) is 24.8 Å². The zero-order valence-corrected chi connectivity index (χ0v) is 11.9. The Morgan fingerprint density at radius 3 is 2.37 bits per heavy atom. The number of urea groups is 1. The highest BCUT2D eigenvalue weighted by atomic mass is 16.5. The molecule has 1 aromatic rings. The molecule has 4 heteroatoms. The van der Waals surface area contributed by atoms with Crippen LogP contribution in [0.5, 0.6) is 5.75 Å². The van der Waals surface area contributed by atoms with Crippen molar-refractivity contribution < 1.29 is 9.53 Å². The molecule has 0 heterocycles. The van der Waals surface area contributed by atoms with E-state index < -0.39 is 0 Å². The largest absolute Gasteiger partial charge is 0.497 e. The van der Waals surface area contributed by atoms with Crippen molar-refractivity contribution in [2.24, 2.45) is 0 Å². The maximum Gasteiger partial charge on any atom is 0.316 e. The fourth-order valence-electron chi connectivity index (χ4n) is 2.52. The number of amides is 2. The predicted molar refractivity (Wildman–Crippen MR) is 75.6 cm³/mol. The second-order valence-corrected chi connectivity index (χ2v) is 5.42. The Kier molecular flexibility index (Phi) is 3.98. The van der Waals surface area contributed by atoms with Crippen molar-refractivity contribution in [1.82, 2.24) is 10.2 Å². The van der Waals surface area contributed by atoms with E-state index in [1.165, 1.54) is 12.0 Å². The highest BCUT2D eigenvalue weighted by Gasteiger charge is 2.38. The molecule has 19 heavy (non-hydrogen) atoms. The smallest absolute Gasteiger partial charge is 0.316 e. The first-order valence-electron chi connectivity index (χ1n) is 6.67. The first kappa shape index (κ1) is 13.7. The van der Waals surface area contributed by atoms with Crippen LogP contribution in [0.3, 0.4) is 0 Å². The number of ether oxygens (including phenoxy) is 1. The number of carbonyl (C=O) groups is 1. The van der Waals surface area contributed by atoms with E-state index in [0.29, 0.717) is 6.54 Å². The van der Waals surface area contributed by atoms with Crippen LogP contribution in [0.25, 0.3) is 0 Å². The number of hydrogen-bond donors (Lipinski definition) is 1. The molecule has 1 saturated carbocycles. The lowest BCUT2D eigenvalue weighted by molar-refractivity contribution is 0.198. The molecular formula is C15H22N2O2. The number of benzene rings is 1. The van der Waals surface area contributed by atoms with Crippen molar-refractivity contribution in [3.8, 4) is 5.75 Å². The summed E-state index contributed by atoms with van der Waals surface area (Å²) in [4.78, 5) is 13.2. The minimum absolute atomic E-state index is 0.0280. The van der Waals surface area contributed by atoms with Gasteiger partial charge in [-0.05, 0) is 30.5 Å². The monoisotopic (exact) mass is 262 g/mol. The van der Waals surface area contributed by atoms with Crippen molar-refractivity contribution in [3.05, 3.63) is 29.8 Å². The predicted octanol–water partition coefficient (Wildman–Crippen LogP) is 2.39. The summed E-state index contributed by atoms with van der Waals surface area (Å²) in [7, 11) is 5.19. The van der Waals surface area contributed by atoms with Crippen molar-refractivity contribution in [3.63, 3.8) is 0 Å². The first-order valence-corrected chi connectivity index (χ1v) is 6.67. The zero-order chi connectivity index (χ0) is 13.9. The average molecular weight is 262 g/mol. The molecule has 0 aromatic heterocycles. The highest BCUT2D eigenvalue weighted by Crippen LogP contribution is 2.43. The maximum atomic E-state index is 11.7. The molecule has 0 radical (unpaired) electrons. The van der Waals surface area contributed by atoms with Gasteiger partial charge in [0, 0.05) is 26.1 Å². The Morgan fingerprint density at radius 1 is 1.32 bits per heavy atom. The van der Waals surface area contributed by atoms with Crippen LogP contribution >= 0.6 is 0 Å². The number of rotatable bonds is 4. The summed E-state index contributed by atoms with van der Waals surface area (Å²) in [6, 6.07) is 8.17. The lowest BCUT2D eigenvalue weighted by atomic mass is 9.64. The number of nitrogens with zero attached hydrogens (tertiary/aromatic N) is 1. The van der Waals surface area contributed by atoms with E-state index in [9.17, 15) is 4.79 Å². The van der Waals surface area contributed by atoms with Crippen LogP contribution in [-0.2, 0) is 5.41 Å². The van der Waals surface area contributed by atoms with E-state index in [4.69, 9.17) is 4.74 Å². The van der Waals surface area contributed by atoms with Gasteiger partial charge in [-0.3, -0.25) is 0 Å². The Balaban J connectivity index is 2.06. The van der Waals surface area contributed by atoms with Crippen molar-refractivity contribution >= 4 is 6.03 Å². The fraction of sp³-hybridized carbons (Fsp3) is 0.533. The molecule has 0 atom stereocenters.